The number of nitrogens with zero attached hydrogens (tertiary/aromatic N) is 3. The van der Waals surface area contributed by atoms with Gasteiger partial charge < -0.3 is 19.3 Å². The molecule has 0 N–H and O–H groups in total. The minimum absolute atomic E-state index is 0.0443. The van der Waals surface area contributed by atoms with Gasteiger partial charge in [0.05, 0.1) is 30.4 Å². The molecule has 8 heteroatoms. The first-order valence-electron chi connectivity index (χ1n) is 11.8. The van der Waals surface area contributed by atoms with Crippen LogP contribution in [0.15, 0.2) is 24.3 Å². The molecule has 2 aromatic rings. The van der Waals surface area contributed by atoms with Crippen LogP contribution in [0.25, 0.3) is 0 Å². The third-order valence-corrected chi connectivity index (χ3v) is 7.56. The molecule has 1 saturated heterocycles. The number of ether oxygens (including phenoxy) is 2. The number of rotatable bonds is 2. The van der Waals surface area contributed by atoms with Crippen molar-refractivity contribution in [2.45, 2.75) is 52.1 Å². The predicted molar refractivity (Wildman–Crippen MR) is 128 cm³/mol. The summed E-state index contributed by atoms with van der Waals surface area (Å²) >= 11 is 1.41. The summed E-state index contributed by atoms with van der Waals surface area (Å²) in [4.78, 5) is 35.8. The van der Waals surface area contributed by atoms with Crippen molar-refractivity contribution in [3.63, 3.8) is 0 Å². The van der Waals surface area contributed by atoms with E-state index in [0.717, 1.165) is 35.7 Å². The van der Waals surface area contributed by atoms with E-state index >= 15 is 0 Å². The number of carbonyl (C=O) groups is 2. The van der Waals surface area contributed by atoms with Gasteiger partial charge in [-0.25, -0.2) is 4.98 Å². The van der Waals surface area contributed by atoms with Crippen LogP contribution in [0.3, 0.4) is 0 Å². The first-order chi connectivity index (χ1) is 15.9. The molecule has 1 spiro atoms. The van der Waals surface area contributed by atoms with Crippen molar-refractivity contribution in [1.82, 2.24) is 14.8 Å². The molecule has 2 aliphatic heterocycles. The molecule has 1 aromatic carbocycles. The van der Waals surface area contributed by atoms with Crippen LogP contribution in [0, 0.1) is 13.8 Å². The molecule has 4 rings (SSSR count). The molecule has 2 aliphatic rings. The van der Waals surface area contributed by atoms with Gasteiger partial charge in [-0.15, -0.1) is 11.3 Å². The average molecular weight is 472 g/mol. The van der Waals surface area contributed by atoms with Gasteiger partial charge >= 0.3 is 0 Å². The summed E-state index contributed by atoms with van der Waals surface area (Å²) in [5, 5.41) is 0.873. The SMILES string of the molecule is CCN1CCOc2ccccc2CCCCC2(CN(C(=O)c3sc(C)nc3C)CCO2)C1=O. The number of hydrogen-bond acceptors (Lipinski definition) is 6. The number of para-hydroxylation sites is 1. The highest BCUT2D eigenvalue weighted by molar-refractivity contribution is 7.13. The lowest BCUT2D eigenvalue weighted by Crippen LogP contribution is -2.62. The second-order valence-electron chi connectivity index (χ2n) is 8.76. The fraction of sp³-hybridized carbons (Fsp3) is 0.560. The van der Waals surface area contributed by atoms with E-state index < -0.39 is 5.60 Å². The van der Waals surface area contributed by atoms with Gasteiger partial charge in [0, 0.05) is 13.1 Å². The minimum atomic E-state index is -1.02. The van der Waals surface area contributed by atoms with Crippen molar-refractivity contribution < 1.29 is 19.1 Å². The molecule has 1 atom stereocenters. The van der Waals surface area contributed by atoms with Crippen molar-refractivity contribution in [2.75, 3.05) is 39.4 Å². The van der Waals surface area contributed by atoms with E-state index in [9.17, 15) is 9.59 Å². The molecule has 1 fully saturated rings. The number of aryl methyl sites for hydroxylation is 3. The van der Waals surface area contributed by atoms with E-state index in [1.165, 1.54) is 16.9 Å². The molecule has 33 heavy (non-hydrogen) atoms. The molecule has 7 nitrogen and oxygen atoms in total. The summed E-state index contributed by atoms with van der Waals surface area (Å²) in [5.74, 6) is 0.800. The molecule has 0 saturated carbocycles. The number of aromatic nitrogens is 1. The number of morpholine rings is 1. The number of amides is 2. The lowest BCUT2D eigenvalue weighted by Gasteiger charge is -2.44. The summed E-state index contributed by atoms with van der Waals surface area (Å²) in [5.41, 5.74) is 0.925. The number of fused-ring (bicyclic) bond motifs is 1. The normalized spacial score (nSPS) is 22.3. The van der Waals surface area contributed by atoms with E-state index in [1.807, 2.05) is 39.0 Å². The largest absolute Gasteiger partial charge is 0.491 e. The topological polar surface area (TPSA) is 72.0 Å². The monoisotopic (exact) mass is 471 g/mol. The summed E-state index contributed by atoms with van der Waals surface area (Å²) in [6.45, 7) is 8.32. The van der Waals surface area contributed by atoms with Gasteiger partial charge in [0.15, 0.2) is 5.60 Å². The highest BCUT2D eigenvalue weighted by Gasteiger charge is 2.46. The highest BCUT2D eigenvalue weighted by Crippen LogP contribution is 2.31. The van der Waals surface area contributed by atoms with E-state index in [1.54, 1.807) is 9.80 Å². The third-order valence-electron chi connectivity index (χ3n) is 6.50. The van der Waals surface area contributed by atoms with Crippen LogP contribution in [0.2, 0.25) is 0 Å². The molecule has 0 bridgehead atoms. The highest BCUT2D eigenvalue weighted by atomic mass is 32.1. The maximum Gasteiger partial charge on any atom is 0.266 e. The van der Waals surface area contributed by atoms with Crippen molar-refractivity contribution in [1.29, 1.82) is 0 Å². The molecule has 3 heterocycles. The first-order valence-corrected chi connectivity index (χ1v) is 12.6. The van der Waals surface area contributed by atoms with E-state index in [-0.39, 0.29) is 18.4 Å². The van der Waals surface area contributed by atoms with Gasteiger partial charge in [-0.1, -0.05) is 18.2 Å². The quantitative estimate of drug-likeness (QED) is 0.669. The Morgan fingerprint density at radius 1 is 1.18 bits per heavy atom. The lowest BCUT2D eigenvalue weighted by atomic mass is 9.91. The van der Waals surface area contributed by atoms with E-state index in [0.29, 0.717) is 44.1 Å². The Labute approximate surface area is 199 Å². The molecular weight excluding hydrogens is 438 g/mol. The fourth-order valence-electron chi connectivity index (χ4n) is 4.75. The van der Waals surface area contributed by atoms with Crippen molar-refractivity contribution in [3.05, 3.63) is 45.4 Å². The third kappa shape index (κ3) is 5.06. The molecule has 1 unspecified atom stereocenters. The van der Waals surface area contributed by atoms with Gasteiger partial charge in [0.2, 0.25) is 0 Å². The Balaban J connectivity index is 1.57. The first kappa shape index (κ1) is 23.7. The number of thiazole rings is 1. The number of benzene rings is 1. The maximum atomic E-state index is 13.8. The lowest BCUT2D eigenvalue weighted by molar-refractivity contribution is -0.170. The van der Waals surface area contributed by atoms with E-state index in [2.05, 4.69) is 11.1 Å². The zero-order valence-electron chi connectivity index (χ0n) is 19.8. The van der Waals surface area contributed by atoms with E-state index in [4.69, 9.17) is 9.47 Å². The summed E-state index contributed by atoms with van der Waals surface area (Å²) < 4.78 is 12.3. The molecule has 2 amide bonds. The Kier molecular flexibility index (Phi) is 7.34. The van der Waals surface area contributed by atoms with Crippen LogP contribution in [-0.4, -0.2) is 71.6 Å². The van der Waals surface area contributed by atoms with Gasteiger partial charge in [-0.3, -0.25) is 9.59 Å². The van der Waals surface area contributed by atoms with Crippen LogP contribution < -0.4 is 4.74 Å². The van der Waals surface area contributed by atoms with Gasteiger partial charge in [-0.2, -0.15) is 0 Å². The fourth-order valence-corrected chi connectivity index (χ4v) is 5.64. The zero-order valence-corrected chi connectivity index (χ0v) is 20.6. The molecular formula is C25H33N3O4S. The van der Waals surface area contributed by atoms with Crippen LogP contribution in [0.1, 0.15) is 52.1 Å². The summed E-state index contributed by atoms with van der Waals surface area (Å²) in [6, 6.07) is 8.12. The zero-order chi connectivity index (χ0) is 23.4. The van der Waals surface area contributed by atoms with Crippen molar-refractivity contribution in [3.8, 4) is 5.75 Å². The second-order valence-corrected chi connectivity index (χ2v) is 9.97. The standard InChI is InChI=1S/C25H33N3O4S/c1-4-27-13-15-31-21-11-6-5-9-20(21)10-7-8-12-25(24(27)30)17-28(14-16-32-25)23(29)22-18(2)26-19(3)33-22/h5-6,9,11H,4,7-8,10,12-17H2,1-3H3. The Morgan fingerprint density at radius 2 is 2.00 bits per heavy atom. The minimum Gasteiger partial charge on any atom is -0.491 e. The number of hydrogen-bond donors (Lipinski definition) is 0. The Hall–Kier alpha value is -2.45. The maximum absolute atomic E-state index is 13.8. The van der Waals surface area contributed by atoms with Crippen molar-refractivity contribution in [2.24, 2.45) is 0 Å². The second kappa shape index (κ2) is 10.2. The van der Waals surface area contributed by atoms with Gasteiger partial charge in [0.25, 0.3) is 11.8 Å². The molecule has 0 aliphatic carbocycles. The average Bonchev–Trinajstić information content (AvgIpc) is 3.16. The number of likely N-dealkylation sites (N-methyl/N-ethyl adjacent to an activating group) is 1. The molecule has 178 valence electrons. The molecule has 1 aromatic heterocycles. The van der Waals surface area contributed by atoms with Crippen molar-refractivity contribution >= 4 is 23.2 Å². The van der Waals surface area contributed by atoms with Crippen LogP contribution in [0.4, 0.5) is 0 Å². The molecule has 0 radical (unpaired) electrons. The summed E-state index contributed by atoms with van der Waals surface area (Å²) in [7, 11) is 0. The van der Waals surface area contributed by atoms with Gasteiger partial charge in [0.1, 0.15) is 17.2 Å². The summed E-state index contributed by atoms with van der Waals surface area (Å²) in [6.07, 6.45) is 3.24. The number of carbonyl (C=O) groups excluding carboxylic acids is 2. The van der Waals surface area contributed by atoms with Crippen LogP contribution >= 0.6 is 11.3 Å². The predicted octanol–water partition coefficient (Wildman–Crippen LogP) is 3.63. The van der Waals surface area contributed by atoms with Gasteiger partial charge in [-0.05, 0) is 58.1 Å². The van der Waals surface area contributed by atoms with Crippen LogP contribution in [-0.2, 0) is 16.0 Å². The smallest absolute Gasteiger partial charge is 0.266 e. The Morgan fingerprint density at radius 3 is 2.76 bits per heavy atom. The Bertz CT molecular complexity index is 1010. The van der Waals surface area contributed by atoms with Crippen LogP contribution in [0.5, 0.6) is 5.75 Å².